The summed E-state index contributed by atoms with van der Waals surface area (Å²) in [6, 6.07) is 16.0. The van der Waals surface area contributed by atoms with Crippen LogP contribution in [0.15, 0.2) is 64.1 Å². The largest absolute Gasteiger partial charge is 0.459 e. The van der Waals surface area contributed by atoms with E-state index in [-0.39, 0.29) is 12.1 Å². The highest BCUT2D eigenvalue weighted by Gasteiger charge is 2.45. The molecule has 28 heavy (non-hydrogen) atoms. The summed E-state index contributed by atoms with van der Waals surface area (Å²) in [4.78, 5) is 11.9. The molecule has 1 aromatic carbocycles. The lowest BCUT2D eigenvalue weighted by atomic mass is 10.0. The average molecular weight is 410 g/mol. The highest BCUT2D eigenvalue weighted by atomic mass is 35.5. The molecule has 0 aliphatic carbocycles. The first kappa shape index (κ1) is 17.8. The molecule has 142 valence electrons. The van der Waals surface area contributed by atoms with Gasteiger partial charge in [0.2, 0.25) is 0 Å². The van der Waals surface area contributed by atoms with Gasteiger partial charge >= 0.3 is 0 Å². The predicted molar refractivity (Wildman–Crippen MR) is 115 cm³/mol. The van der Waals surface area contributed by atoms with Crippen molar-refractivity contribution < 1.29 is 4.42 Å². The molecule has 4 nitrogen and oxygen atoms in total. The highest BCUT2D eigenvalue weighted by Crippen LogP contribution is 2.48. The van der Waals surface area contributed by atoms with E-state index in [9.17, 15) is 0 Å². The molecule has 2 aliphatic rings. The molecule has 4 heterocycles. The average Bonchev–Trinajstić information content (AvgIpc) is 3.38. The van der Waals surface area contributed by atoms with Gasteiger partial charge in [0.25, 0.3) is 0 Å². The molecule has 3 aromatic rings. The Morgan fingerprint density at radius 3 is 2.86 bits per heavy atom. The van der Waals surface area contributed by atoms with Crippen molar-refractivity contribution in [2.45, 2.75) is 31.2 Å². The smallest absolute Gasteiger partial charge is 0.161 e. The summed E-state index contributed by atoms with van der Waals surface area (Å²) in [5.74, 6) is 1.75. The van der Waals surface area contributed by atoms with E-state index in [1.54, 1.807) is 0 Å². The van der Waals surface area contributed by atoms with E-state index in [0.717, 1.165) is 45.1 Å². The van der Waals surface area contributed by atoms with Gasteiger partial charge in [0.15, 0.2) is 5.17 Å². The van der Waals surface area contributed by atoms with Gasteiger partial charge in [-0.1, -0.05) is 48.5 Å². The molecule has 0 radical (unpaired) electrons. The second kappa shape index (κ2) is 6.98. The van der Waals surface area contributed by atoms with Crippen LogP contribution in [0.1, 0.15) is 36.0 Å². The van der Waals surface area contributed by atoms with E-state index in [1.165, 1.54) is 0 Å². The summed E-state index contributed by atoms with van der Waals surface area (Å²) in [5, 5.41) is 2.36. The Bertz CT molecular complexity index is 1050. The van der Waals surface area contributed by atoms with Crippen LogP contribution < -0.4 is 0 Å². The van der Waals surface area contributed by atoms with E-state index in [0.29, 0.717) is 5.25 Å². The molecule has 5 rings (SSSR count). The Labute approximate surface area is 173 Å². The Balaban J connectivity index is 1.55. The molecule has 2 aromatic heterocycles. The van der Waals surface area contributed by atoms with Crippen molar-refractivity contribution in [1.82, 2.24) is 9.88 Å². The summed E-state index contributed by atoms with van der Waals surface area (Å²) in [7, 11) is 0. The minimum Gasteiger partial charge on any atom is -0.459 e. The van der Waals surface area contributed by atoms with Gasteiger partial charge in [-0.25, -0.2) is 4.99 Å². The Kier molecular flexibility index (Phi) is 4.44. The molecule has 0 bridgehead atoms. The lowest BCUT2D eigenvalue weighted by Gasteiger charge is -2.25. The van der Waals surface area contributed by atoms with Crippen LogP contribution in [0.4, 0.5) is 0 Å². The lowest BCUT2D eigenvalue weighted by molar-refractivity contribution is 0.277. The molecule has 0 amide bonds. The zero-order valence-electron chi connectivity index (χ0n) is 15.7. The van der Waals surface area contributed by atoms with E-state index in [2.05, 4.69) is 22.9 Å². The fourth-order valence-electron chi connectivity index (χ4n) is 3.96. The SMILES string of the molecule is Cc1c(Cl)cccc1-c1ccc([C@@H]2[C@@H](c3ccccn3)N=C3S[C@H](C)CN32)o1. The third-order valence-electron chi connectivity index (χ3n) is 5.33. The van der Waals surface area contributed by atoms with Gasteiger partial charge in [0.05, 0.1) is 5.69 Å². The molecule has 1 saturated heterocycles. The van der Waals surface area contributed by atoms with Crippen LogP contribution >= 0.6 is 23.4 Å². The number of aliphatic imine (C=N–C) groups is 1. The van der Waals surface area contributed by atoms with Crippen LogP contribution in [0.25, 0.3) is 11.3 Å². The maximum absolute atomic E-state index is 6.37. The molecule has 2 aliphatic heterocycles. The van der Waals surface area contributed by atoms with E-state index >= 15 is 0 Å². The third-order valence-corrected chi connectivity index (χ3v) is 6.84. The number of fused-ring (bicyclic) bond motifs is 1. The van der Waals surface area contributed by atoms with Gasteiger partial charge in [-0.05, 0) is 42.8 Å². The fraction of sp³-hybridized carbons (Fsp3) is 0.273. The number of benzene rings is 1. The molecule has 0 N–H and O–H groups in total. The van der Waals surface area contributed by atoms with Crippen molar-refractivity contribution in [3.05, 3.63) is 76.8 Å². The van der Waals surface area contributed by atoms with Crippen molar-refractivity contribution in [2.24, 2.45) is 4.99 Å². The predicted octanol–water partition coefficient (Wildman–Crippen LogP) is 5.89. The van der Waals surface area contributed by atoms with E-state index in [1.807, 2.05) is 67.3 Å². The zero-order valence-corrected chi connectivity index (χ0v) is 17.2. The second-order valence-electron chi connectivity index (χ2n) is 7.25. The first-order chi connectivity index (χ1) is 13.6. The van der Waals surface area contributed by atoms with Crippen molar-refractivity contribution in [3.63, 3.8) is 0 Å². The van der Waals surface area contributed by atoms with Gasteiger partial charge in [-0.3, -0.25) is 4.98 Å². The summed E-state index contributed by atoms with van der Waals surface area (Å²) < 4.78 is 6.37. The number of furan rings is 1. The Hall–Kier alpha value is -2.24. The number of rotatable bonds is 3. The minimum absolute atomic E-state index is 0.0237. The summed E-state index contributed by atoms with van der Waals surface area (Å²) in [6.45, 7) is 5.22. The van der Waals surface area contributed by atoms with Gasteiger partial charge in [0.1, 0.15) is 23.6 Å². The molecule has 0 spiro atoms. The monoisotopic (exact) mass is 409 g/mol. The number of hydrogen-bond acceptors (Lipinski definition) is 5. The van der Waals surface area contributed by atoms with Crippen LogP contribution in [0, 0.1) is 6.92 Å². The number of halogens is 1. The van der Waals surface area contributed by atoms with E-state index in [4.69, 9.17) is 21.0 Å². The van der Waals surface area contributed by atoms with Crippen molar-refractivity contribution in [3.8, 4) is 11.3 Å². The van der Waals surface area contributed by atoms with Crippen molar-refractivity contribution in [1.29, 1.82) is 0 Å². The normalized spacial score (nSPS) is 23.8. The minimum atomic E-state index is -0.0596. The van der Waals surface area contributed by atoms with Crippen molar-refractivity contribution in [2.75, 3.05) is 6.54 Å². The second-order valence-corrected chi connectivity index (χ2v) is 9.06. The molecular formula is C22H20ClN3OS. The molecule has 1 fully saturated rings. The zero-order chi connectivity index (χ0) is 19.3. The number of hydrogen-bond donors (Lipinski definition) is 0. The van der Waals surface area contributed by atoms with Gasteiger partial charge in [0, 0.05) is 28.6 Å². The number of nitrogens with zero attached hydrogens (tertiary/aromatic N) is 3. The quantitative estimate of drug-likeness (QED) is 0.540. The fourth-order valence-corrected chi connectivity index (χ4v) is 5.22. The lowest BCUT2D eigenvalue weighted by Crippen LogP contribution is -2.28. The molecular weight excluding hydrogens is 390 g/mol. The van der Waals surface area contributed by atoms with Gasteiger partial charge in [-0.15, -0.1) is 0 Å². The van der Waals surface area contributed by atoms with Gasteiger partial charge < -0.3 is 9.32 Å². The summed E-state index contributed by atoms with van der Waals surface area (Å²) in [5.41, 5.74) is 3.02. The first-order valence-corrected chi connectivity index (χ1v) is 10.6. The number of thioether (sulfide) groups is 1. The van der Waals surface area contributed by atoms with Crippen LogP contribution in [0.2, 0.25) is 5.02 Å². The highest BCUT2D eigenvalue weighted by molar-refractivity contribution is 8.14. The van der Waals surface area contributed by atoms with Gasteiger partial charge in [-0.2, -0.15) is 0 Å². The maximum atomic E-state index is 6.37. The van der Waals surface area contributed by atoms with Crippen molar-refractivity contribution >= 4 is 28.5 Å². The molecule has 0 unspecified atom stereocenters. The Morgan fingerprint density at radius 2 is 2.04 bits per heavy atom. The molecule has 0 saturated carbocycles. The summed E-state index contributed by atoms with van der Waals surface area (Å²) >= 11 is 8.14. The maximum Gasteiger partial charge on any atom is 0.161 e. The molecule has 6 heteroatoms. The van der Waals surface area contributed by atoms with Crippen LogP contribution in [-0.2, 0) is 0 Å². The number of pyridine rings is 1. The topological polar surface area (TPSA) is 41.6 Å². The van der Waals surface area contributed by atoms with Crippen LogP contribution in [0.5, 0.6) is 0 Å². The van der Waals surface area contributed by atoms with E-state index < -0.39 is 0 Å². The first-order valence-electron chi connectivity index (χ1n) is 9.39. The molecule has 3 atom stereocenters. The third kappa shape index (κ3) is 2.93. The Morgan fingerprint density at radius 1 is 1.14 bits per heavy atom. The summed E-state index contributed by atoms with van der Waals surface area (Å²) in [6.07, 6.45) is 1.83. The van der Waals surface area contributed by atoms with Crippen LogP contribution in [-0.4, -0.2) is 26.8 Å². The number of amidine groups is 1. The number of aromatic nitrogens is 1. The standard InChI is InChI=1S/C22H20ClN3OS/c1-13-12-26-21(20(25-22(26)28-13)17-8-3-4-11-24-17)19-10-9-18(27-19)15-6-5-7-16(23)14(15)2/h3-11,13,20-21H,12H2,1-2H3/t13-,20-,21-/m1/s1. The van der Waals surface area contributed by atoms with Crippen LogP contribution in [0.3, 0.4) is 0 Å².